The van der Waals surface area contributed by atoms with Gasteiger partial charge in [0, 0.05) is 12.2 Å². The molecule has 0 saturated heterocycles. The molecule has 0 fully saturated rings. The molecule has 3 heteroatoms. The topological polar surface area (TPSA) is 38.9 Å². The van der Waals surface area contributed by atoms with E-state index < -0.39 is 0 Å². The predicted octanol–water partition coefficient (Wildman–Crippen LogP) is 2.27. The van der Waals surface area contributed by atoms with Crippen molar-refractivity contribution >= 4 is 11.8 Å². The van der Waals surface area contributed by atoms with Crippen LogP contribution in [0.5, 0.6) is 0 Å². The quantitative estimate of drug-likeness (QED) is 0.754. The van der Waals surface area contributed by atoms with Crippen LogP contribution in [0.15, 0.2) is 11.1 Å². The molecule has 0 aromatic carbocycles. The van der Waals surface area contributed by atoms with Crippen LogP contribution in [0.1, 0.15) is 23.7 Å². The zero-order valence-electron chi connectivity index (χ0n) is 8.42. The standard InChI is InChI=1S/C10H16N2S/c1-4-13-10-5-7(2)9(6-11)8(3)12-10/h5H,4,6,11H2,1-3H3. The Labute approximate surface area is 83.9 Å². The summed E-state index contributed by atoms with van der Waals surface area (Å²) in [5, 5.41) is 1.11. The maximum atomic E-state index is 5.63. The highest BCUT2D eigenvalue weighted by Crippen LogP contribution is 2.20. The van der Waals surface area contributed by atoms with Crippen molar-refractivity contribution in [3.8, 4) is 0 Å². The number of pyridine rings is 1. The Kier molecular flexibility index (Phi) is 3.75. The van der Waals surface area contributed by atoms with E-state index in [-0.39, 0.29) is 0 Å². The lowest BCUT2D eigenvalue weighted by molar-refractivity contribution is 0.944. The van der Waals surface area contributed by atoms with Gasteiger partial charge in [-0.25, -0.2) is 4.98 Å². The Hall–Kier alpha value is -0.540. The molecule has 0 saturated carbocycles. The fraction of sp³-hybridized carbons (Fsp3) is 0.500. The number of aryl methyl sites for hydroxylation is 2. The SMILES string of the molecule is CCSc1cc(C)c(CN)c(C)n1. The van der Waals surface area contributed by atoms with Crippen LogP contribution in [-0.4, -0.2) is 10.7 Å². The Balaban J connectivity index is 3.05. The van der Waals surface area contributed by atoms with E-state index in [0.29, 0.717) is 6.54 Å². The normalized spacial score (nSPS) is 10.5. The number of aromatic nitrogens is 1. The van der Waals surface area contributed by atoms with Crippen molar-refractivity contribution in [3.05, 3.63) is 22.9 Å². The molecular formula is C10H16N2S. The number of hydrogen-bond donors (Lipinski definition) is 1. The van der Waals surface area contributed by atoms with Gasteiger partial charge >= 0.3 is 0 Å². The number of nitrogens with zero attached hydrogens (tertiary/aromatic N) is 1. The largest absolute Gasteiger partial charge is 0.326 e. The second-order valence-electron chi connectivity index (χ2n) is 2.98. The van der Waals surface area contributed by atoms with Gasteiger partial charge in [0.25, 0.3) is 0 Å². The summed E-state index contributed by atoms with van der Waals surface area (Å²) in [6, 6.07) is 2.11. The van der Waals surface area contributed by atoms with Crippen molar-refractivity contribution in [1.29, 1.82) is 0 Å². The molecule has 1 rings (SSSR count). The van der Waals surface area contributed by atoms with Crippen molar-refractivity contribution < 1.29 is 0 Å². The monoisotopic (exact) mass is 196 g/mol. The number of hydrogen-bond acceptors (Lipinski definition) is 3. The minimum atomic E-state index is 0.585. The molecule has 0 spiro atoms. The lowest BCUT2D eigenvalue weighted by Gasteiger charge is -2.08. The summed E-state index contributed by atoms with van der Waals surface area (Å²) in [4.78, 5) is 4.48. The Bertz CT molecular complexity index is 274. The maximum absolute atomic E-state index is 5.63. The van der Waals surface area contributed by atoms with Gasteiger partial charge in [0.1, 0.15) is 0 Å². The number of nitrogens with two attached hydrogens (primary N) is 1. The summed E-state index contributed by atoms with van der Waals surface area (Å²) in [5.74, 6) is 1.06. The Morgan fingerprint density at radius 1 is 1.46 bits per heavy atom. The molecule has 72 valence electrons. The van der Waals surface area contributed by atoms with Gasteiger partial charge in [-0.05, 0) is 36.8 Å². The third-order valence-corrected chi connectivity index (χ3v) is 2.82. The van der Waals surface area contributed by atoms with Gasteiger partial charge in [0.2, 0.25) is 0 Å². The lowest BCUT2D eigenvalue weighted by atomic mass is 10.1. The lowest BCUT2D eigenvalue weighted by Crippen LogP contribution is -2.04. The summed E-state index contributed by atoms with van der Waals surface area (Å²) in [6.07, 6.45) is 0. The predicted molar refractivity (Wildman–Crippen MR) is 58.0 cm³/mol. The first-order valence-electron chi connectivity index (χ1n) is 4.49. The molecule has 1 aromatic heterocycles. The van der Waals surface area contributed by atoms with E-state index in [2.05, 4.69) is 24.9 Å². The first-order chi connectivity index (χ1) is 6.19. The summed E-state index contributed by atoms with van der Waals surface area (Å²) < 4.78 is 0. The molecule has 0 aliphatic rings. The average molecular weight is 196 g/mol. The van der Waals surface area contributed by atoms with Gasteiger partial charge in [-0.2, -0.15) is 0 Å². The molecular weight excluding hydrogens is 180 g/mol. The van der Waals surface area contributed by atoms with E-state index in [1.54, 1.807) is 11.8 Å². The molecule has 1 heterocycles. The first kappa shape index (κ1) is 10.5. The zero-order valence-corrected chi connectivity index (χ0v) is 9.24. The fourth-order valence-corrected chi connectivity index (χ4v) is 2.11. The number of rotatable bonds is 3. The van der Waals surface area contributed by atoms with Gasteiger partial charge in [-0.15, -0.1) is 11.8 Å². The highest BCUT2D eigenvalue weighted by atomic mass is 32.2. The Morgan fingerprint density at radius 3 is 2.62 bits per heavy atom. The summed E-state index contributed by atoms with van der Waals surface area (Å²) >= 11 is 1.77. The van der Waals surface area contributed by atoms with Crippen LogP contribution in [0.4, 0.5) is 0 Å². The molecule has 13 heavy (non-hydrogen) atoms. The van der Waals surface area contributed by atoms with Gasteiger partial charge in [0.05, 0.1) is 5.03 Å². The minimum Gasteiger partial charge on any atom is -0.326 e. The van der Waals surface area contributed by atoms with Crippen LogP contribution in [0.3, 0.4) is 0 Å². The van der Waals surface area contributed by atoms with Crippen molar-refractivity contribution in [1.82, 2.24) is 4.98 Å². The van der Waals surface area contributed by atoms with Crippen molar-refractivity contribution in [3.63, 3.8) is 0 Å². The average Bonchev–Trinajstić information content (AvgIpc) is 2.04. The minimum absolute atomic E-state index is 0.585. The second-order valence-corrected chi connectivity index (χ2v) is 4.26. The van der Waals surface area contributed by atoms with Crippen molar-refractivity contribution in [2.75, 3.05) is 5.75 Å². The van der Waals surface area contributed by atoms with E-state index in [0.717, 1.165) is 16.5 Å². The van der Waals surface area contributed by atoms with Crippen LogP contribution in [0.2, 0.25) is 0 Å². The molecule has 0 unspecified atom stereocenters. The first-order valence-corrected chi connectivity index (χ1v) is 5.47. The van der Waals surface area contributed by atoms with E-state index in [1.165, 1.54) is 11.1 Å². The van der Waals surface area contributed by atoms with E-state index in [1.807, 2.05) is 6.92 Å². The molecule has 0 amide bonds. The van der Waals surface area contributed by atoms with Crippen molar-refractivity contribution in [2.24, 2.45) is 5.73 Å². The van der Waals surface area contributed by atoms with Crippen molar-refractivity contribution in [2.45, 2.75) is 32.3 Å². The van der Waals surface area contributed by atoms with Gasteiger partial charge in [-0.1, -0.05) is 6.92 Å². The molecule has 0 bridgehead atoms. The highest BCUT2D eigenvalue weighted by Gasteiger charge is 2.04. The third kappa shape index (κ3) is 2.45. The Morgan fingerprint density at radius 2 is 2.15 bits per heavy atom. The van der Waals surface area contributed by atoms with Gasteiger partial charge in [0.15, 0.2) is 0 Å². The molecule has 2 nitrogen and oxygen atoms in total. The van der Waals surface area contributed by atoms with E-state index in [9.17, 15) is 0 Å². The molecule has 2 N–H and O–H groups in total. The molecule has 1 aromatic rings. The van der Waals surface area contributed by atoms with Crippen LogP contribution < -0.4 is 5.73 Å². The molecule has 0 radical (unpaired) electrons. The molecule has 0 aliphatic heterocycles. The second kappa shape index (κ2) is 4.63. The zero-order chi connectivity index (χ0) is 9.84. The van der Waals surface area contributed by atoms with Gasteiger partial charge < -0.3 is 5.73 Å². The molecule has 0 aliphatic carbocycles. The van der Waals surface area contributed by atoms with E-state index >= 15 is 0 Å². The summed E-state index contributed by atoms with van der Waals surface area (Å²) in [7, 11) is 0. The van der Waals surface area contributed by atoms with Crippen LogP contribution in [0.25, 0.3) is 0 Å². The van der Waals surface area contributed by atoms with Crippen LogP contribution >= 0.6 is 11.8 Å². The fourth-order valence-electron chi connectivity index (χ4n) is 1.35. The van der Waals surface area contributed by atoms with Crippen LogP contribution in [-0.2, 0) is 6.54 Å². The summed E-state index contributed by atoms with van der Waals surface area (Å²) in [5.41, 5.74) is 9.13. The van der Waals surface area contributed by atoms with Crippen LogP contribution in [0, 0.1) is 13.8 Å². The highest BCUT2D eigenvalue weighted by molar-refractivity contribution is 7.99. The van der Waals surface area contributed by atoms with E-state index in [4.69, 9.17) is 5.73 Å². The third-order valence-electron chi connectivity index (χ3n) is 2.03. The van der Waals surface area contributed by atoms with Gasteiger partial charge in [-0.3, -0.25) is 0 Å². The molecule has 0 atom stereocenters. The summed E-state index contributed by atoms with van der Waals surface area (Å²) in [6.45, 7) is 6.83. The smallest absolute Gasteiger partial charge is 0.0965 e. The maximum Gasteiger partial charge on any atom is 0.0965 e. The number of thioether (sulfide) groups is 1.